The van der Waals surface area contributed by atoms with Gasteiger partial charge in [-0.15, -0.1) is 11.3 Å². The van der Waals surface area contributed by atoms with Crippen LogP contribution >= 0.6 is 22.9 Å². The summed E-state index contributed by atoms with van der Waals surface area (Å²) < 4.78 is 0.747. The largest absolute Gasteiger partial charge is 0.350 e. The minimum absolute atomic E-state index is 0.000512. The summed E-state index contributed by atoms with van der Waals surface area (Å²) in [7, 11) is 0. The summed E-state index contributed by atoms with van der Waals surface area (Å²) in [5, 5.41) is 5.96. The van der Waals surface area contributed by atoms with E-state index in [4.69, 9.17) is 11.6 Å². The third-order valence-corrected chi connectivity index (χ3v) is 3.10. The van der Waals surface area contributed by atoms with Crippen molar-refractivity contribution in [1.82, 2.24) is 10.6 Å². The Bertz CT molecular complexity index is 357. The molecule has 2 N–H and O–H groups in total. The van der Waals surface area contributed by atoms with Gasteiger partial charge in [-0.25, -0.2) is 0 Å². The lowest BCUT2D eigenvalue weighted by atomic mass is 10.1. The van der Waals surface area contributed by atoms with E-state index >= 15 is 0 Å². The van der Waals surface area contributed by atoms with Gasteiger partial charge in [0, 0.05) is 10.4 Å². The highest BCUT2D eigenvalue weighted by Crippen LogP contribution is 2.20. The van der Waals surface area contributed by atoms with Crippen molar-refractivity contribution in [2.75, 3.05) is 6.54 Å². The first-order valence-electron chi connectivity index (χ1n) is 5.13. The lowest BCUT2D eigenvalue weighted by molar-refractivity contribution is -0.120. The van der Waals surface area contributed by atoms with Crippen molar-refractivity contribution < 1.29 is 4.79 Å². The molecule has 0 saturated carbocycles. The minimum atomic E-state index is -0.0381. The number of thiophene rings is 1. The molecule has 0 spiro atoms. The molecule has 1 aromatic rings. The first kappa shape index (κ1) is 13.5. The molecule has 0 saturated heterocycles. The highest BCUT2D eigenvalue weighted by molar-refractivity contribution is 7.16. The van der Waals surface area contributed by atoms with Gasteiger partial charge >= 0.3 is 0 Å². The lowest BCUT2D eigenvalue weighted by Gasteiger charge is -2.19. The van der Waals surface area contributed by atoms with Crippen LogP contribution in [0.15, 0.2) is 12.1 Å². The molecule has 0 aliphatic heterocycles. The molecule has 1 amide bonds. The third-order valence-electron chi connectivity index (χ3n) is 1.87. The van der Waals surface area contributed by atoms with Gasteiger partial charge in [0.05, 0.1) is 17.4 Å². The van der Waals surface area contributed by atoms with Crippen molar-refractivity contribution in [3.8, 4) is 0 Å². The molecule has 1 heterocycles. The van der Waals surface area contributed by atoms with Crippen molar-refractivity contribution in [2.24, 2.45) is 0 Å². The molecule has 90 valence electrons. The van der Waals surface area contributed by atoms with E-state index in [-0.39, 0.29) is 11.4 Å². The van der Waals surface area contributed by atoms with Gasteiger partial charge < -0.3 is 10.6 Å². The molecule has 3 nitrogen and oxygen atoms in total. The van der Waals surface area contributed by atoms with Gasteiger partial charge in [-0.2, -0.15) is 0 Å². The standard InChI is InChI=1S/C11H17ClN2OS/c1-11(2,3)14-7-10(15)13-6-8-4-5-9(12)16-8/h4-5,14H,6-7H2,1-3H3,(H,13,15). The first-order chi connectivity index (χ1) is 7.37. The fourth-order valence-electron chi connectivity index (χ4n) is 1.04. The molecule has 16 heavy (non-hydrogen) atoms. The average Bonchev–Trinajstić information content (AvgIpc) is 2.57. The van der Waals surface area contributed by atoms with Crippen molar-refractivity contribution >= 4 is 28.8 Å². The van der Waals surface area contributed by atoms with E-state index in [9.17, 15) is 4.79 Å². The quantitative estimate of drug-likeness (QED) is 0.873. The Morgan fingerprint density at radius 3 is 2.62 bits per heavy atom. The molecule has 0 bridgehead atoms. The normalized spacial score (nSPS) is 11.5. The topological polar surface area (TPSA) is 41.1 Å². The van der Waals surface area contributed by atoms with E-state index in [2.05, 4.69) is 10.6 Å². The van der Waals surface area contributed by atoms with Crippen LogP contribution in [0.3, 0.4) is 0 Å². The number of nitrogens with one attached hydrogen (secondary N) is 2. The van der Waals surface area contributed by atoms with Crippen LogP contribution in [0, 0.1) is 0 Å². The molecule has 0 atom stereocenters. The third kappa shape index (κ3) is 5.49. The monoisotopic (exact) mass is 260 g/mol. The highest BCUT2D eigenvalue weighted by Gasteiger charge is 2.11. The summed E-state index contributed by atoms with van der Waals surface area (Å²) in [6, 6.07) is 3.76. The van der Waals surface area contributed by atoms with Gasteiger partial charge in [-0.05, 0) is 32.9 Å². The Kier molecular flexibility index (Phi) is 4.77. The summed E-state index contributed by atoms with van der Waals surface area (Å²) in [6.07, 6.45) is 0. The Morgan fingerprint density at radius 1 is 1.44 bits per heavy atom. The molecule has 0 aromatic carbocycles. The van der Waals surface area contributed by atoms with Crippen LogP contribution in [-0.4, -0.2) is 18.0 Å². The van der Waals surface area contributed by atoms with Gasteiger partial charge in [-0.1, -0.05) is 11.6 Å². The SMILES string of the molecule is CC(C)(C)NCC(=O)NCc1ccc(Cl)s1. The first-order valence-corrected chi connectivity index (χ1v) is 6.32. The number of carbonyl (C=O) groups excluding carboxylic acids is 1. The summed E-state index contributed by atoms with van der Waals surface area (Å²) in [5.41, 5.74) is -0.0381. The predicted molar refractivity (Wildman–Crippen MR) is 68.9 cm³/mol. The summed E-state index contributed by atoms with van der Waals surface area (Å²) in [5.74, 6) is -0.000512. The zero-order valence-corrected chi connectivity index (χ0v) is 11.3. The number of hydrogen-bond acceptors (Lipinski definition) is 3. The van der Waals surface area contributed by atoms with Crippen molar-refractivity contribution in [3.63, 3.8) is 0 Å². The summed E-state index contributed by atoms with van der Waals surface area (Å²) in [4.78, 5) is 12.5. The minimum Gasteiger partial charge on any atom is -0.350 e. The van der Waals surface area contributed by atoms with Gasteiger partial charge in [0.25, 0.3) is 0 Å². The molecular weight excluding hydrogens is 244 g/mol. The van der Waals surface area contributed by atoms with Crippen molar-refractivity contribution in [1.29, 1.82) is 0 Å². The number of hydrogen-bond donors (Lipinski definition) is 2. The Balaban J connectivity index is 2.25. The van der Waals surface area contributed by atoms with Crippen LogP contribution < -0.4 is 10.6 Å². The molecule has 5 heteroatoms. The molecule has 1 aromatic heterocycles. The predicted octanol–water partition coefficient (Wildman–Crippen LogP) is 2.41. The van der Waals surface area contributed by atoms with Crippen molar-refractivity contribution in [3.05, 3.63) is 21.3 Å². The fourth-order valence-corrected chi connectivity index (χ4v) is 2.07. The van der Waals surface area contributed by atoms with Crippen LogP contribution in [-0.2, 0) is 11.3 Å². The van der Waals surface area contributed by atoms with E-state index < -0.39 is 0 Å². The van der Waals surface area contributed by atoms with E-state index in [1.807, 2.05) is 32.9 Å². The zero-order chi connectivity index (χ0) is 12.2. The van der Waals surface area contributed by atoms with E-state index in [1.165, 1.54) is 11.3 Å². The average molecular weight is 261 g/mol. The summed E-state index contributed by atoms with van der Waals surface area (Å²) >= 11 is 7.27. The van der Waals surface area contributed by atoms with Gasteiger partial charge in [-0.3, -0.25) is 4.79 Å². The molecular formula is C11H17ClN2OS. The van der Waals surface area contributed by atoms with Gasteiger partial charge in [0.2, 0.25) is 5.91 Å². The Hall–Kier alpha value is -0.580. The van der Waals surface area contributed by atoms with Gasteiger partial charge in [0.1, 0.15) is 0 Å². The smallest absolute Gasteiger partial charge is 0.234 e. The molecule has 0 fully saturated rings. The molecule has 1 rings (SSSR count). The second-order valence-corrected chi connectivity index (χ2v) is 6.39. The second-order valence-electron chi connectivity index (χ2n) is 4.59. The van der Waals surface area contributed by atoms with E-state index in [0.717, 1.165) is 9.21 Å². The number of carbonyl (C=O) groups is 1. The Labute approximate surface area is 105 Å². The van der Waals surface area contributed by atoms with E-state index in [0.29, 0.717) is 13.1 Å². The van der Waals surface area contributed by atoms with Gasteiger partial charge in [0.15, 0.2) is 0 Å². The number of amides is 1. The van der Waals surface area contributed by atoms with E-state index in [1.54, 1.807) is 0 Å². The Morgan fingerprint density at radius 2 is 2.12 bits per heavy atom. The highest BCUT2D eigenvalue weighted by atomic mass is 35.5. The second kappa shape index (κ2) is 5.66. The zero-order valence-electron chi connectivity index (χ0n) is 9.76. The van der Waals surface area contributed by atoms with Crippen LogP contribution in [0.25, 0.3) is 0 Å². The molecule has 0 unspecified atom stereocenters. The maximum absolute atomic E-state index is 11.5. The van der Waals surface area contributed by atoms with Crippen LogP contribution in [0.1, 0.15) is 25.6 Å². The van der Waals surface area contributed by atoms with Crippen LogP contribution in [0.5, 0.6) is 0 Å². The molecule has 0 aliphatic rings. The maximum Gasteiger partial charge on any atom is 0.234 e. The summed E-state index contributed by atoms with van der Waals surface area (Å²) in [6.45, 7) is 6.96. The fraction of sp³-hybridized carbons (Fsp3) is 0.545. The number of halogens is 1. The molecule has 0 radical (unpaired) electrons. The van der Waals surface area contributed by atoms with Crippen LogP contribution in [0.2, 0.25) is 4.34 Å². The van der Waals surface area contributed by atoms with Crippen LogP contribution in [0.4, 0.5) is 0 Å². The maximum atomic E-state index is 11.5. The van der Waals surface area contributed by atoms with Crippen molar-refractivity contribution in [2.45, 2.75) is 32.9 Å². The lowest BCUT2D eigenvalue weighted by Crippen LogP contribution is -2.43. The molecule has 0 aliphatic carbocycles. The number of rotatable bonds is 4.